The average Bonchev–Trinajstić information content (AvgIpc) is 2.14. The summed E-state index contributed by atoms with van der Waals surface area (Å²) in [5.74, 6) is 0. The standard InChI is InChI=1S/C10H20N2O5S/c1-6(2)17-9(14)12-18(15,16)11-7-5-8(13)10(7,3)4/h6-8,11,13H,5H2,1-4H3,(H,12,14). The van der Waals surface area contributed by atoms with Crippen LogP contribution in [0.2, 0.25) is 0 Å². The molecule has 0 aromatic carbocycles. The Kier molecular flexibility index (Phi) is 4.24. The molecule has 0 aromatic heterocycles. The number of aliphatic hydroxyl groups excluding tert-OH is 1. The fourth-order valence-corrected chi connectivity index (χ4v) is 2.77. The molecule has 0 saturated heterocycles. The number of rotatable bonds is 4. The van der Waals surface area contributed by atoms with Gasteiger partial charge in [-0.05, 0) is 20.3 Å². The molecule has 0 spiro atoms. The molecule has 2 atom stereocenters. The van der Waals surface area contributed by atoms with E-state index in [-0.39, 0.29) is 0 Å². The minimum Gasteiger partial charge on any atom is -0.446 e. The molecule has 8 heteroatoms. The summed E-state index contributed by atoms with van der Waals surface area (Å²) in [6.45, 7) is 6.73. The van der Waals surface area contributed by atoms with Crippen molar-refractivity contribution in [3.8, 4) is 0 Å². The van der Waals surface area contributed by atoms with Gasteiger partial charge in [0.25, 0.3) is 0 Å². The smallest absolute Gasteiger partial charge is 0.422 e. The van der Waals surface area contributed by atoms with Gasteiger partial charge in [0, 0.05) is 11.5 Å². The summed E-state index contributed by atoms with van der Waals surface area (Å²) < 4.78 is 32.0. The Balaban J connectivity index is 2.54. The van der Waals surface area contributed by atoms with Crippen LogP contribution in [0, 0.1) is 5.41 Å². The Morgan fingerprint density at radius 2 is 2.00 bits per heavy atom. The number of amides is 1. The van der Waals surface area contributed by atoms with Crippen molar-refractivity contribution < 1.29 is 23.1 Å². The van der Waals surface area contributed by atoms with Gasteiger partial charge in [-0.2, -0.15) is 13.1 Å². The first-order chi connectivity index (χ1) is 8.04. The van der Waals surface area contributed by atoms with Crippen molar-refractivity contribution in [3.05, 3.63) is 0 Å². The third kappa shape index (κ3) is 3.56. The van der Waals surface area contributed by atoms with Gasteiger partial charge < -0.3 is 9.84 Å². The lowest BCUT2D eigenvalue weighted by Gasteiger charge is -2.48. The van der Waals surface area contributed by atoms with Gasteiger partial charge in [-0.15, -0.1) is 0 Å². The third-order valence-electron chi connectivity index (χ3n) is 3.07. The normalized spacial score (nSPS) is 26.6. The molecule has 0 heterocycles. The lowest BCUT2D eigenvalue weighted by Crippen LogP contribution is -2.62. The van der Waals surface area contributed by atoms with Crippen LogP contribution in [0.5, 0.6) is 0 Å². The van der Waals surface area contributed by atoms with Crippen LogP contribution < -0.4 is 9.44 Å². The molecular formula is C10H20N2O5S. The fraction of sp³-hybridized carbons (Fsp3) is 0.900. The van der Waals surface area contributed by atoms with Gasteiger partial charge in [0.05, 0.1) is 12.2 Å². The lowest BCUT2D eigenvalue weighted by molar-refractivity contribution is -0.0645. The molecule has 1 aliphatic rings. The van der Waals surface area contributed by atoms with Crippen molar-refractivity contribution in [3.63, 3.8) is 0 Å². The Labute approximate surface area is 107 Å². The zero-order valence-corrected chi connectivity index (χ0v) is 11.7. The van der Waals surface area contributed by atoms with Gasteiger partial charge >= 0.3 is 16.3 Å². The number of aliphatic hydroxyl groups is 1. The molecule has 3 N–H and O–H groups in total. The first-order valence-corrected chi connectivity index (χ1v) is 7.21. The molecule has 0 bridgehead atoms. The Morgan fingerprint density at radius 1 is 1.44 bits per heavy atom. The SMILES string of the molecule is CC(C)OC(=O)NS(=O)(=O)NC1CC(O)C1(C)C. The highest BCUT2D eigenvalue weighted by Crippen LogP contribution is 2.40. The van der Waals surface area contributed by atoms with Crippen molar-refractivity contribution in [1.82, 2.24) is 9.44 Å². The highest BCUT2D eigenvalue weighted by molar-refractivity contribution is 7.88. The molecule has 0 radical (unpaired) electrons. The van der Waals surface area contributed by atoms with Crippen molar-refractivity contribution >= 4 is 16.3 Å². The van der Waals surface area contributed by atoms with Crippen LogP contribution in [0.3, 0.4) is 0 Å². The number of ether oxygens (including phenoxy) is 1. The quantitative estimate of drug-likeness (QED) is 0.678. The van der Waals surface area contributed by atoms with Crippen LogP contribution in [0.15, 0.2) is 0 Å². The van der Waals surface area contributed by atoms with E-state index >= 15 is 0 Å². The number of hydrogen-bond donors (Lipinski definition) is 3. The van der Waals surface area contributed by atoms with Crippen molar-refractivity contribution in [2.45, 2.75) is 52.4 Å². The predicted molar refractivity (Wildman–Crippen MR) is 65.0 cm³/mol. The van der Waals surface area contributed by atoms with E-state index in [1.54, 1.807) is 32.4 Å². The summed E-state index contributed by atoms with van der Waals surface area (Å²) >= 11 is 0. The van der Waals surface area contributed by atoms with Crippen LogP contribution >= 0.6 is 0 Å². The lowest BCUT2D eigenvalue weighted by atomic mass is 9.65. The Hall–Kier alpha value is -0.860. The summed E-state index contributed by atoms with van der Waals surface area (Å²) in [5, 5.41) is 9.50. The largest absolute Gasteiger partial charge is 0.446 e. The summed E-state index contributed by atoms with van der Waals surface area (Å²) in [4.78, 5) is 11.2. The third-order valence-corrected chi connectivity index (χ3v) is 4.10. The molecule has 7 nitrogen and oxygen atoms in total. The minimum atomic E-state index is -3.97. The summed E-state index contributed by atoms with van der Waals surface area (Å²) in [6.07, 6.45) is -1.64. The van der Waals surface area contributed by atoms with Gasteiger partial charge in [0.1, 0.15) is 0 Å². The number of nitrogens with one attached hydrogen (secondary N) is 2. The molecule has 0 aliphatic heterocycles. The summed E-state index contributed by atoms with van der Waals surface area (Å²) in [6, 6.07) is -0.406. The Bertz CT molecular complexity index is 418. The van der Waals surface area contributed by atoms with E-state index in [2.05, 4.69) is 9.46 Å². The molecule has 1 saturated carbocycles. The van der Waals surface area contributed by atoms with Gasteiger partial charge in [-0.1, -0.05) is 13.8 Å². The number of hydrogen-bond acceptors (Lipinski definition) is 5. The van der Waals surface area contributed by atoms with E-state index in [1.807, 2.05) is 0 Å². The second-order valence-electron chi connectivity index (χ2n) is 5.30. The van der Waals surface area contributed by atoms with Crippen molar-refractivity contribution in [1.29, 1.82) is 0 Å². The topological polar surface area (TPSA) is 105 Å². The van der Waals surface area contributed by atoms with E-state index in [0.29, 0.717) is 6.42 Å². The maximum absolute atomic E-state index is 11.6. The van der Waals surface area contributed by atoms with Gasteiger partial charge in [-0.25, -0.2) is 9.52 Å². The first-order valence-electron chi connectivity index (χ1n) is 5.73. The second kappa shape index (κ2) is 5.02. The molecule has 18 heavy (non-hydrogen) atoms. The highest BCUT2D eigenvalue weighted by Gasteiger charge is 2.49. The van der Waals surface area contributed by atoms with E-state index in [9.17, 15) is 18.3 Å². The van der Waals surface area contributed by atoms with Gasteiger partial charge in [0.2, 0.25) is 0 Å². The predicted octanol–water partition coefficient (Wildman–Crippen LogP) is 0.115. The Morgan fingerprint density at radius 3 is 2.39 bits per heavy atom. The van der Waals surface area contributed by atoms with Gasteiger partial charge in [-0.3, -0.25) is 0 Å². The van der Waals surface area contributed by atoms with Crippen LogP contribution in [0.1, 0.15) is 34.1 Å². The molecule has 1 rings (SSSR count). The first kappa shape index (κ1) is 15.2. The maximum atomic E-state index is 11.6. The van der Waals surface area contributed by atoms with Crippen LogP contribution in [-0.2, 0) is 14.9 Å². The fourth-order valence-electron chi connectivity index (χ4n) is 1.67. The molecule has 0 aromatic rings. The monoisotopic (exact) mass is 280 g/mol. The van der Waals surface area contributed by atoms with E-state index in [0.717, 1.165) is 0 Å². The highest BCUT2D eigenvalue weighted by atomic mass is 32.2. The molecule has 106 valence electrons. The zero-order valence-electron chi connectivity index (χ0n) is 10.9. The van der Waals surface area contributed by atoms with Crippen LogP contribution in [0.25, 0.3) is 0 Å². The molecule has 2 unspecified atom stereocenters. The minimum absolute atomic E-state index is 0.327. The van der Waals surface area contributed by atoms with Crippen molar-refractivity contribution in [2.75, 3.05) is 0 Å². The summed E-state index contributed by atoms with van der Waals surface area (Å²) in [5.41, 5.74) is -0.545. The van der Waals surface area contributed by atoms with Crippen molar-refractivity contribution in [2.24, 2.45) is 5.41 Å². The summed E-state index contributed by atoms with van der Waals surface area (Å²) in [7, 11) is -3.97. The second-order valence-corrected chi connectivity index (χ2v) is 6.75. The van der Waals surface area contributed by atoms with E-state index in [4.69, 9.17) is 0 Å². The number of carbonyl (C=O) groups is 1. The zero-order chi connectivity index (χ0) is 14.1. The average molecular weight is 280 g/mol. The maximum Gasteiger partial charge on any atom is 0.422 e. The van der Waals surface area contributed by atoms with Gasteiger partial charge in [0.15, 0.2) is 0 Å². The molecular weight excluding hydrogens is 260 g/mol. The van der Waals surface area contributed by atoms with E-state index < -0.39 is 40.0 Å². The molecule has 1 fully saturated rings. The van der Waals surface area contributed by atoms with E-state index in [1.165, 1.54) is 0 Å². The molecule has 1 amide bonds. The van der Waals surface area contributed by atoms with Crippen LogP contribution in [0.4, 0.5) is 4.79 Å². The van der Waals surface area contributed by atoms with Crippen LogP contribution in [-0.4, -0.2) is 37.9 Å². The number of carbonyl (C=O) groups excluding carboxylic acids is 1. The molecule has 1 aliphatic carbocycles.